The average molecular weight is 495 g/mol. The second kappa shape index (κ2) is 12.6. The van der Waals surface area contributed by atoms with Crippen molar-refractivity contribution < 1.29 is 19.1 Å². The van der Waals surface area contributed by atoms with E-state index in [0.29, 0.717) is 18.8 Å². The van der Waals surface area contributed by atoms with Gasteiger partial charge in [-0.3, -0.25) is 0 Å². The van der Waals surface area contributed by atoms with E-state index in [2.05, 4.69) is 43.2 Å². The van der Waals surface area contributed by atoms with Crippen molar-refractivity contribution >= 4 is 17.8 Å². The van der Waals surface area contributed by atoms with Crippen LogP contribution in [0.25, 0.3) is 5.57 Å². The first kappa shape index (κ1) is 29.0. The Morgan fingerprint density at radius 1 is 0.833 bits per heavy atom. The molecule has 0 aliphatic carbocycles. The Kier molecular flexibility index (Phi) is 10.1. The monoisotopic (exact) mass is 494 g/mol. The van der Waals surface area contributed by atoms with Gasteiger partial charge in [-0.2, -0.15) is 0 Å². The Bertz CT molecular complexity index is 1060. The summed E-state index contributed by atoms with van der Waals surface area (Å²) < 4.78 is 10.7. The lowest BCUT2D eigenvalue weighted by Crippen LogP contribution is -2.41. The molecule has 0 heterocycles. The molecule has 2 aromatic carbocycles. The number of hydrogen-bond acceptors (Lipinski definition) is 4. The van der Waals surface area contributed by atoms with Crippen molar-refractivity contribution in [2.45, 2.75) is 78.3 Å². The highest BCUT2D eigenvalue weighted by molar-refractivity contribution is 5.69. The number of ether oxygens (including phenoxy) is 2. The number of amides is 2. The molecule has 0 saturated heterocycles. The summed E-state index contributed by atoms with van der Waals surface area (Å²) in [6.07, 6.45) is 0.234. The number of carbonyl (C=O) groups excluding carboxylic acids is 2. The van der Waals surface area contributed by atoms with E-state index in [0.717, 1.165) is 22.3 Å². The molecule has 6 nitrogen and oxygen atoms in total. The summed E-state index contributed by atoms with van der Waals surface area (Å²) in [6, 6.07) is 16.2. The fourth-order valence-electron chi connectivity index (χ4n) is 3.72. The van der Waals surface area contributed by atoms with Gasteiger partial charge < -0.3 is 20.1 Å². The molecule has 0 saturated carbocycles. The molecular weight excluding hydrogens is 452 g/mol. The summed E-state index contributed by atoms with van der Waals surface area (Å²) >= 11 is 0. The molecule has 6 heteroatoms. The Hall–Kier alpha value is -3.28. The van der Waals surface area contributed by atoms with E-state index >= 15 is 0 Å². The normalized spacial score (nSPS) is 11.7. The third-order valence-corrected chi connectivity index (χ3v) is 6.19. The zero-order valence-corrected chi connectivity index (χ0v) is 22.9. The molecule has 0 atom stereocenters. The smallest absolute Gasteiger partial charge is 0.407 e. The van der Waals surface area contributed by atoms with Crippen LogP contribution in [0.1, 0.15) is 89.5 Å². The van der Waals surface area contributed by atoms with Gasteiger partial charge in [-0.15, -0.1) is 0 Å². The number of nitrogens with one attached hydrogen (secondary N) is 2. The Morgan fingerprint density at radius 2 is 1.31 bits per heavy atom. The first-order valence-corrected chi connectivity index (χ1v) is 12.6. The van der Waals surface area contributed by atoms with Crippen LogP contribution in [0.5, 0.6) is 0 Å². The number of unbranched alkanes of at least 4 members (excludes halogenated alkanes) is 1. The maximum absolute atomic E-state index is 12.3. The molecule has 0 aromatic heterocycles. The van der Waals surface area contributed by atoms with Crippen LogP contribution in [-0.4, -0.2) is 25.4 Å². The van der Waals surface area contributed by atoms with E-state index in [-0.39, 0.29) is 13.2 Å². The number of alkyl carbamates (subject to hydrolysis) is 2. The van der Waals surface area contributed by atoms with Crippen LogP contribution in [0.15, 0.2) is 55.1 Å². The van der Waals surface area contributed by atoms with Crippen LogP contribution < -0.4 is 10.6 Å². The first-order valence-electron chi connectivity index (χ1n) is 12.6. The van der Waals surface area contributed by atoms with Gasteiger partial charge >= 0.3 is 12.2 Å². The second-order valence-corrected chi connectivity index (χ2v) is 10.6. The SMILES string of the molecule is C=C(C)c1cccc(C(C)(C)NC(=O)OCCCCOC(=O)NC(C)(C)c2cccc(C(C)C)c2)c1. The van der Waals surface area contributed by atoms with Crippen LogP contribution >= 0.6 is 0 Å². The fraction of sp³-hybridized carbons (Fsp3) is 0.467. The maximum atomic E-state index is 12.3. The van der Waals surface area contributed by atoms with Crippen molar-refractivity contribution in [2.75, 3.05) is 13.2 Å². The molecule has 36 heavy (non-hydrogen) atoms. The Morgan fingerprint density at radius 3 is 1.78 bits per heavy atom. The van der Waals surface area contributed by atoms with Crippen LogP contribution in [0.3, 0.4) is 0 Å². The second-order valence-electron chi connectivity index (χ2n) is 10.6. The van der Waals surface area contributed by atoms with Gasteiger partial charge in [-0.25, -0.2) is 9.59 Å². The van der Waals surface area contributed by atoms with Gasteiger partial charge in [-0.05, 0) is 81.7 Å². The third-order valence-electron chi connectivity index (χ3n) is 6.19. The van der Waals surface area contributed by atoms with Gasteiger partial charge in [0.2, 0.25) is 0 Å². The molecule has 0 radical (unpaired) electrons. The lowest BCUT2D eigenvalue weighted by Gasteiger charge is -2.27. The summed E-state index contributed by atoms with van der Waals surface area (Å²) in [6.45, 7) is 18.5. The summed E-state index contributed by atoms with van der Waals surface area (Å²) in [4.78, 5) is 24.6. The van der Waals surface area contributed by atoms with Crippen molar-refractivity contribution in [1.82, 2.24) is 10.6 Å². The summed E-state index contributed by atoms with van der Waals surface area (Å²) in [5.41, 5.74) is 4.08. The van der Waals surface area contributed by atoms with Crippen LogP contribution in [0.2, 0.25) is 0 Å². The molecule has 2 amide bonds. The minimum Gasteiger partial charge on any atom is -0.450 e. The van der Waals surface area contributed by atoms with E-state index in [4.69, 9.17) is 9.47 Å². The van der Waals surface area contributed by atoms with E-state index < -0.39 is 23.3 Å². The van der Waals surface area contributed by atoms with Gasteiger partial charge in [0.1, 0.15) is 0 Å². The molecule has 2 N–H and O–H groups in total. The molecule has 2 aromatic rings. The van der Waals surface area contributed by atoms with Crippen molar-refractivity contribution in [3.05, 3.63) is 77.4 Å². The van der Waals surface area contributed by atoms with Crippen molar-refractivity contribution in [3.63, 3.8) is 0 Å². The molecule has 0 fully saturated rings. The van der Waals surface area contributed by atoms with Gasteiger partial charge in [0.15, 0.2) is 0 Å². The molecular formula is C30H42N2O4. The number of allylic oxidation sites excluding steroid dienone is 1. The number of hydrogen-bond donors (Lipinski definition) is 2. The van der Waals surface area contributed by atoms with Gasteiger partial charge in [-0.1, -0.05) is 68.5 Å². The number of carbonyl (C=O) groups is 2. The quantitative estimate of drug-likeness (QED) is 0.323. The molecule has 0 aliphatic heterocycles. The predicted octanol–water partition coefficient (Wildman–Crippen LogP) is 7.25. The minimum absolute atomic E-state index is 0.242. The van der Waals surface area contributed by atoms with Crippen molar-refractivity contribution in [3.8, 4) is 0 Å². The molecule has 2 rings (SSSR count). The molecule has 0 unspecified atom stereocenters. The van der Waals surface area contributed by atoms with Crippen LogP contribution in [0.4, 0.5) is 9.59 Å². The highest BCUT2D eigenvalue weighted by atomic mass is 16.6. The zero-order valence-electron chi connectivity index (χ0n) is 22.9. The van der Waals surface area contributed by atoms with Gasteiger partial charge in [0, 0.05) is 0 Å². The number of benzene rings is 2. The third kappa shape index (κ3) is 8.74. The lowest BCUT2D eigenvalue weighted by molar-refractivity contribution is 0.119. The minimum atomic E-state index is -0.592. The Balaban J connectivity index is 1.71. The van der Waals surface area contributed by atoms with E-state index in [1.807, 2.05) is 71.0 Å². The first-order chi connectivity index (χ1) is 16.8. The van der Waals surface area contributed by atoms with Crippen molar-refractivity contribution in [2.24, 2.45) is 0 Å². The van der Waals surface area contributed by atoms with Gasteiger partial charge in [0.05, 0.1) is 24.3 Å². The highest BCUT2D eigenvalue weighted by Crippen LogP contribution is 2.25. The van der Waals surface area contributed by atoms with E-state index in [1.165, 1.54) is 5.56 Å². The molecule has 196 valence electrons. The van der Waals surface area contributed by atoms with Crippen LogP contribution in [0, 0.1) is 0 Å². The van der Waals surface area contributed by atoms with E-state index in [9.17, 15) is 9.59 Å². The standard InChI is InChI=1S/C30H42N2O4/c1-21(2)23-13-11-15-25(19-23)29(5,6)31-27(33)35-17-9-10-18-36-28(34)32-30(7,8)26-16-12-14-24(20-26)22(3)4/h11-16,19-20,22H,1,9-10,17-18H2,2-8H3,(H,31,33)(H,32,34). The van der Waals surface area contributed by atoms with E-state index in [1.54, 1.807) is 0 Å². The van der Waals surface area contributed by atoms with Gasteiger partial charge in [0.25, 0.3) is 0 Å². The zero-order chi connectivity index (χ0) is 26.9. The summed E-state index contributed by atoms with van der Waals surface area (Å²) in [7, 11) is 0. The largest absolute Gasteiger partial charge is 0.450 e. The average Bonchev–Trinajstić information content (AvgIpc) is 2.80. The predicted molar refractivity (Wildman–Crippen MR) is 146 cm³/mol. The van der Waals surface area contributed by atoms with Crippen molar-refractivity contribution in [1.29, 1.82) is 0 Å². The van der Waals surface area contributed by atoms with Crippen LogP contribution in [-0.2, 0) is 20.6 Å². The highest BCUT2D eigenvalue weighted by Gasteiger charge is 2.25. The molecule has 0 spiro atoms. The summed E-state index contributed by atoms with van der Waals surface area (Å²) in [5, 5.41) is 5.85. The fourth-order valence-corrected chi connectivity index (χ4v) is 3.72. The Labute approximate surface area is 216 Å². The molecule has 0 bridgehead atoms. The number of rotatable bonds is 11. The molecule has 0 aliphatic rings. The maximum Gasteiger partial charge on any atom is 0.407 e. The lowest BCUT2D eigenvalue weighted by atomic mass is 9.90. The summed E-state index contributed by atoms with van der Waals surface area (Å²) in [5.74, 6) is 0.413. The topological polar surface area (TPSA) is 76.7 Å².